The van der Waals surface area contributed by atoms with E-state index in [9.17, 15) is 0 Å². The van der Waals surface area contributed by atoms with Gasteiger partial charge in [0, 0.05) is 26.7 Å². The molecule has 0 aliphatic heterocycles. The summed E-state index contributed by atoms with van der Waals surface area (Å²) in [6, 6.07) is 6.06. The van der Waals surface area contributed by atoms with E-state index in [1.54, 1.807) is 0 Å². The number of hydrogen-bond donors (Lipinski definition) is 1. The Morgan fingerprint density at radius 2 is 2.18 bits per heavy atom. The normalized spacial score (nSPS) is 10.8. The number of hydrogen-bond acceptors (Lipinski definition) is 4. The number of nitrogens with one attached hydrogen (secondary N) is 1. The lowest BCUT2D eigenvalue weighted by molar-refractivity contribution is 0.112. The van der Waals surface area contributed by atoms with Crippen molar-refractivity contribution in [1.29, 1.82) is 0 Å². The lowest BCUT2D eigenvalue weighted by atomic mass is 10.3. The molecule has 96 valence electrons. The number of nitrogens with zero attached hydrogens (tertiary/aromatic N) is 2. The molecule has 0 atom stereocenters. The van der Waals surface area contributed by atoms with Gasteiger partial charge < -0.3 is 10.1 Å². The summed E-state index contributed by atoms with van der Waals surface area (Å²) in [5.74, 6) is 0.920. The highest BCUT2D eigenvalue weighted by atomic mass is 16.5. The number of likely N-dealkylation sites (N-methyl/N-ethyl adjacent to an activating group) is 1. The molecule has 1 N–H and O–H groups in total. The summed E-state index contributed by atoms with van der Waals surface area (Å²) in [7, 11) is 1.89. The Labute approximate surface area is 104 Å². The fraction of sp³-hybridized carbons (Fsp3) is 0.615. The van der Waals surface area contributed by atoms with Gasteiger partial charge in [-0.15, -0.1) is 0 Å². The van der Waals surface area contributed by atoms with E-state index in [4.69, 9.17) is 4.74 Å². The Hall–Kier alpha value is -1.13. The first-order chi connectivity index (χ1) is 8.30. The van der Waals surface area contributed by atoms with E-state index < -0.39 is 0 Å². The molecule has 0 saturated heterocycles. The van der Waals surface area contributed by atoms with E-state index in [0.717, 1.165) is 44.4 Å². The first-order valence-electron chi connectivity index (χ1n) is 6.24. The SMILES string of the molecule is CCOCCN(CC)Cc1cccc(NC)n1. The topological polar surface area (TPSA) is 37.4 Å². The highest BCUT2D eigenvalue weighted by Gasteiger charge is 2.04. The lowest BCUT2D eigenvalue weighted by Crippen LogP contribution is -2.27. The maximum Gasteiger partial charge on any atom is 0.126 e. The van der Waals surface area contributed by atoms with Crippen LogP contribution in [0.3, 0.4) is 0 Å². The molecular formula is C13H23N3O. The molecule has 0 bridgehead atoms. The van der Waals surface area contributed by atoms with E-state index in [2.05, 4.69) is 28.2 Å². The minimum absolute atomic E-state index is 0.783. The molecule has 17 heavy (non-hydrogen) atoms. The van der Waals surface area contributed by atoms with Crippen LogP contribution in [0.2, 0.25) is 0 Å². The van der Waals surface area contributed by atoms with E-state index in [1.807, 2.05) is 26.1 Å². The van der Waals surface area contributed by atoms with Crippen molar-refractivity contribution in [3.63, 3.8) is 0 Å². The second kappa shape index (κ2) is 8.03. The van der Waals surface area contributed by atoms with E-state index in [-0.39, 0.29) is 0 Å². The summed E-state index contributed by atoms with van der Waals surface area (Å²) in [4.78, 5) is 6.84. The van der Waals surface area contributed by atoms with Gasteiger partial charge in [0.05, 0.1) is 12.3 Å². The van der Waals surface area contributed by atoms with Crippen LogP contribution in [-0.2, 0) is 11.3 Å². The average Bonchev–Trinajstić information content (AvgIpc) is 2.38. The zero-order valence-corrected chi connectivity index (χ0v) is 11.1. The van der Waals surface area contributed by atoms with Gasteiger partial charge in [0.15, 0.2) is 0 Å². The Morgan fingerprint density at radius 1 is 1.35 bits per heavy atom. The summed E-state index contributed by atoms with van der Waals surface area (Å²) in [5, 5.41) is 3.06. The van der Waals surface area contributed by atoms with Crippen molar-refractivity contribution in [3.05, 3.63) is 23.9 Å². The smallest absolute Gasteiger partial charge is 0.126 e. The molecule has 4 nitrogen and oxygen atoms in total. The van der Waals surface area contributed by atoms with Crippen molar-refractivity contribution >= 4 is 5.82 Å². The molecule has 0 radical (unpaired) electrons. The second-order valence-electron chi connectivity index (χ2n) is 3.83. The monoisotopic (exact) mass is 237 g/mol. The van der Waals surface area contributed by atoms with Crippen molar-refractivity contribution in [2.75, 3.05) is 38.7 Å². The summed E-state index contributed by atoms with van der Waals surface area (Å²) >= 11 is 0. The third-order valence-corrected chi connectivity index (χ3v) is 2.65. The third-order valence-electron chi connectivity index (χ3n) is 2.65. The van der Waals surface area contributed by atoms with Crippen molar-refractivity contribution in [3.8, 4) is 0 Å². The molecule has 1 heterocycles. The summed E-state index contributed by atoms with van der Waals surface area (Å²) < 4.78 is 5.37. The number of aromatic nitrogens is 1. The van der Waals surface area contributed by atoms with Crippen LogP contribution in [0.5, 0.6) is 0 Å². The first-order valence-corrected chi connectivity index (χ1v) is 6.24. The van der Waals surface area contributed by atoms with E-state index in [1.165, 1.54) is 0 Å². The van der Waals surface area contributed by atoms with Crippen LogP contribution >= 0.6 is 0 Å². The highest BCUT2D eigenvalue weighted by Crippen LogP contribution is 2.06. The number of anilines is 1. The number of pyridine rings is 1. The van der Waals surface area contributed by atoms with Gasteiger partial charge in [-0.2, -0.15) is 0 Å². The molecule has 0 amide bonds. The van der Waals surface area contributed by atoms with Gasteiger partial charge in [-0.05, 0) is 25.6 Å². The minimum atomic E-state index is 0.783. The zero-order chi connectivity index (χ0) is 12.5. The van der Waals surface area contributed by atoms with Crippen LogP contribution in [0.15, 0.2) is 18.2 Å². The quantitative estimate of drug-likeness (QED) is 0.702. The van der Waals surface area contributed by atoms with Crippen LogP contribution in [-0.4, -0.2) is 43.2 Å². The zero-order valence-electron chi connectivity index (χ0n) is 11.1. The minimum Gasteiger partial charge on any atom is -0.380 e. The highest BCUT2D eigenvalue weighted by molar-refractivity contribution is 5.34. The maximum atomic E-state index is 5.37. The average molecular weight is 237 g/mol. The summed E-state index contributed by atoms with van der Waals surface area (Å²) in [6.45, 7) is 8.59. The van der Waals surface area contributed by atoms with E-state index >= 15 is 0 Å². The summed E-state index contributed by atoms with van der Waals surface area (Å²) in [6.07, 6.45) is 0. The molecule has 0 aromatic carbocycles. The van der Waals surface area contributed by atoms with Gasteiger partial charge in [-0.25, -0.2) is 4.98 Å². The largest absolute Gasteiger partial charge is 0.380 e. The first kappa shape index (κ1) is 13.9. The van der Waals surface area contributed by atoms with Crippen molar-refractivity contribution in [1.82, 2.24) is 9.88 Å². The number of rotatable bonds is 8. The second-order valence-corrected chi connectivity index (χ2v) is 3.83. The van der Waals surface area contributed by atoms with Crippen LogP contribution in [0.25, 0.3) is 0 Å². The Morgan fingerprint density at radius 3 is 2.82 bits per heavy atom. The van der Waals surface area contributed by atoms with Gasteiger partial charge in [0.2, 0.25) is 0 Å². The van der Waals surface area contributed by atoms with Crippen molar-refractivity contribution in [2.45, 2.75) is 20.4 Å². The molecule has 4 heteroatoms. The predicted octanol–water partition coefficient (Wildman–Crippen LogP) is 1.98. The third kappa shape index (κ3) is 5.15. The van der Waals surface area contributed by atoms with E-state index in [0.29, 0.717) is 0 Å². The van der Waals surface area contributed by atoms with Gasteiger partial charge in [0.1, 0.15) is 5.82 Å². The van der Waals surface area contributed by atoms with Gasteiger partial charge >= 0.3 is 0 Å². The molecule has 0 saturated carbocycles. The molecule has 0 fully saturated rings. The van der Waals surface area contributed by atoms with Gasteiger partial charge in [0.25, 0.3) is 0 Å². The fourth-order valence-corrected chi connectivity index (χ4v) is 1.62. The van der Waals surface area contributed by atoms with Gasteiger partial charge in [-0.1, -0.05) is 13.0 Å². The van der Waals surface area contributed by atoms with Crippen LogP contribution < -0.4 is 5.32 Å². The Kier molecular flexibility index (Phi) is 6.58. The van der Waals surface area contributed by atoms with Crippen molar-refractivity contribution < 1.29 is 4.74 Å². The molecular weight excluding hydrogens is 214 g/mol. The fourth-order valence-electron chi connectivity index (χ4n) is 1.62. The Balaban J connectivity index is 2.48. The van der Waals surface area contributed by atoms with Crippen LogP contribution in [0.4, 0.5) is 5.82 Å². The van der Waals surface area contributed by atoms with Crippen molar-refractivity contribution in [2.24, 2.45) is 0 Å². The molecule has 0 aliphatic carbocycles. The Bertz CT molecular complexity index is 317. The standard InChI is InChI=1S/C13H23N3O/c1-4-16(9-10-17-5-2)11-12-7-6-8-13(14-3)15-12/h6-8H,4-5,9-11H2,1-3H3,(H,14,15). The summed E-state index contributed by atoms with van der Waals surface area (Å²) in [5.41, 5.74) is 1.09. The molecule has 0 aliphatic rings. The predicted molar refractivity (Wildman–Crippen MR) is 71.2 cm³/mol. The lowest BCUT2D eigenvalue weighted by Gasteiger charge is -2.19. The van der Waals surface area contributed by atoms with Crippen LogP contribution in [0, 0.1) is 0 Å². The maximum absolute atomic E-state index is 5.37. The van der Waals surface area contributed by atoms with Gasteiger partial charge in [-0.3, -0.25) is 4.90 Å². The molecule has 0 spiro atoms. The van der Waals surface area contributed by atoms with Crippen LogP contribution in [0.1, 0.15) is 19.5 Å². The molecule has 0 unspecified atom stereocenters. The number of ether oxygens (including phenoxy) is 1. The molecule has 1 aromatic heterocycles. The molecule has 1 rings (SSSR count). The molecule has 1 aromatic rings.